The van der Waals surface area contributed by atoms with E-state index in [1.54, 1.807) is 10.4 Å². The number of aromatic nitrogens is 2. The van der Waals surface area contributed by atoms with Gasteiger partial charge in [-0.25, -0.2) is 13.4 Å². The molecular formula is C26H31N5O2S. The Bertz CT molecular complexity index is 1280. The Hall–Kier alpha value is -2.97. The fourth-order valence-electron chi connectivity index (χ4n) is 4.71. The van der Waals surface area contributed by atoms with Gasteiger partial charge in [-0.3, -0.25) is 0 Å². The van der Waals surface area contributed by atoms with E-state index < -0.39 is 10.0 Å². The zero-order valence-electron chi connectivity index (χ0n) is 19.8. The third kappa shape index (κ3) is 4.79. The standard InChI is InChI=1S/C26H31N5O2S/c1-19-7-10-23(11-8-19)28-26-27-20(2)17-25(29-26)30-13-15-31(16-14-30)34(32,33)24-12-9-21-5-3-4-6-22(21)18-24/h7-12,17-18H,3-6,13-16H2,1-2H3,(H,27,28,29). The molecule has 3 aromatic rings. The summed E-state index contributed by atoms with van der Waals surface area (Å²) in [4.78, 5) is 11.8. The molecule has 1 aliphatic heterocycles. The number of hydrogen-bond donors (Lipinski definition) is 1. The fraction of sp³-hybridized carbons (Fsp3) is 0.385. The molecule has 1 fully saturated rings. The summed E-state index contributed by atoms with van der Waals surface area (Å²) in [5.41, 5.74) is 5.48. The molecule has 1 aromatic heterocycles. The van der Waals surface area contributed by atoms with Crippen molar-refractivity contribution in [2.75, 3.05) is 36.4 Å². The van der Waals surface area contributed by atoms with Crippen LogP contribution in [-0.4, -0.2) is 48.9 Å². The molecule has 0 unspecified atom stereocenters. The Kier molecular flexibility index (Phi) is 6.27. The highest BCUT2D eigenvalue weighted by Gasteiger charge is 2.30. The van der Waals surface area contributed by atoms with Gasteiger partial charge in [-0.15, -0.1) is 0 Å². The van der Waals surface area contributed by atoms with Crippen molar-refractivity contribution in [3.63, 3.8) is 0 Å². The minimum Gasteiger partial charge on any atom is -0.354 e. The molecule has 5 rings (SSSR count). The van der Waals surface area contributed by atoms with Crippen LogP contribution < -0.4 is 10.2 Å². The van der Waals surface area contributed by atoms with E-state index in [2.05, 4.69) is 22.1 Å². The van der Waals surface area contributed by atoms with E-state index in [9.17, 15) is 8.42 Å². The number of aryl methyl sites for hydroxylation is 4. The second-order valence-corrected chi connectivity index (χ2v) is 11.1. The number of rotatable bonds is 5. The van der Waals surface area contributed by atoms with Gasteiger partial charge in [0.15, 0.2) is 0 Å². The summed E-state index contributed by atoms with van der Waals surface area (Å²) in [6.07, 6.45) is 4.34. The van der Waals surface area contributed by atoms with Crippen LogP contribution in [0.15, 0.2) is 53.4 Å². The maximum atomic E-state index is 13.3. The van der Waals surface area contributed by atoms with Crippen LogP contribution in [0.3, 0.4) is 0 Å². The van der Waals surface area contributed by atoms with Gasteiger partial charge in [0.1, 0.15) is 5.82 Å². The van der Waals surface area contributed by atoms with Crippen molar-refractivity contribution in [3.8, 4) is 0 Å². The number of anilines is 3. The quantitative estimate of drug-likeness (QED) is 0.593. The number of nitrogens with one attached hydrogen (secondary N) is 1. The van der Waals surface area contributed by atoms with Crippen molar-refractivity contribution in [2.45, 2.75) is 44.4 Å². The van der Waals surface area contributed by atoms with E-state index in [0.29, 0.717) is 37.0 Å². The summed E-state index contributed by atoms with van der Waals surface area (Å²) < 4.78 is 28.3. The molecule has 0 spiro atoms. The van der Waals surface area contributed by atoms with Crippen LogP contribution in [-0.2, 0) is 22.9 Å². The Morgan fingerprint density at radius 3 is 2.26 bits per heavy atom. The van der Waals surface area contributed by atoms with E-state index in [4.69, 9.17) is 4.98 Å². The maximum Gasteiger partial charge on any atom is 0.243 e. The molecule has 34 heavy (non-hydrogen) atoms. The maximum absolute atomic E-state index is 13.3. The Labute approximate surface area is 201 Å². The zero-order chi connectivity index (χ0) is 23.7. The summed E-state index contributed by atoms with van der Waals surface area (Å²) in [5.74, 6) is 1.36. The highest BCUT2D eigenvalue weighted by Crippen LogP contribution is 2.27. The molecule has 1 saturated heterocycles. The van der Waals surface area contributed by atoms with Crippen molar-refractivity contribution in [2.24, 2.45) is 0 Å². The van der Waals surface area contributed by atoms with Gasteiger partial charge >= 0.3 is 0 Å². The summed E-state index contributed by atoms with van der Waals surface area (Å²) in [6, 6.07) is 15.7. The first-order valence-corrected chi connectivity index (χ1v) is 13.4. The number of sulfonamides is 1. The molecule has 2 aliphatic rings. The van der Waals surface area contributed by atoms with Gasteiger partial charge in [0, 0.05) is 43.6 Å². The van der Waals surface area contributed by atoms with Gasteiger partial charge in [0.05, 0.1) is 4.90 Å². The second kappa shape index (κ2) is 9.35. The van der Waals surface area contributed by atoms with Crippen molar-refractivity contribution in [1.29, 1.82) is 0 Å². The Morgan fingerprint density at radius 2 is 1.53 bits per heavy atom. The van der Waals surface area contributed by atoms with Crippen LogP contribution in [0.5, 0.6) is 0 Å². The molecule has 0 amide bonds. The highest BCUT2D eigenvalue weighted by molar-refractivity contribution is 7.89. The van der Waals surface area contributed by atoms with E-state index in [0.717, 1.165) is 36.5 Å². The second-order valence-electron chi connectivity index (χ2n) is 9.21. The molecule has 2 aromatic carbocycles. The van der Waals surface area contributed by atoms with Crippen LogP contribution in [0.25, 0.3) is 0 Å². The van der Waals surface area contributed by atoms with Gasteiger partial charge in [0.25, 0.3) is 0 Å². The molecule has 8 heteroatoms. The van der Waals surface area contributed by atoms with Crippen LogP contribution in [0.1, 0.15) is 35.2 Å². The average Bonchev–Trinajstić information content (AvgIpc) is 2.85. The molecule has 7 nitrogen and oxygen atoms in total. The first-order chi connectivity index (χ1) is 16.4. The lowest BCUT2D eigenvalue weighted by Gasteiger charge is -2.35. The van der Waals surface area contributed by atoms with Crippen molar-refractivity contribution in [3.05, 3.63) is 70.9 Å². The van der Waals surface area contributed by atoms with Gasteiger partial charge in [-0.2, -0.15) is 9.29 Å². The minimum absolute atomic E-state index is 0.420. The molecule has 0 radical (unpaired) electrons. The lowest BCUT2D eigenvalue weighted by Crippen LogP contribution is -2.49. The number of fused-ring (bicyclic) bond motifs is 1. The molecule has 0 atom stereocenters. The monoisotopic (exact) mass is 477 g/mol. The lowest BCUT2D eigenvalue weighted by atomic mass is 9.92. The Morgan fingerprint density at radius 1 is 0.824 bits per heavy atom. The third-order valence-electron chi connectivity index (χ3n) is 6.67. The largest absolute Gasteiger partial charge is 0.354 e. The Balaban J connectivity index is 1.28. The molecule has 2 heterocycles. The first kappa shape index (κ1) is 22.8. The fourth-order valence-corrected chi connectivity index (χ4v) is 6.19. The van der Waals surface area contributed by atoms with Gasteiger partial charge in [-0.05, 0) is 74.9 Å². The third-order valence-corrected chi connectivity index (χ3v) is 8.56. The molecule has 0 bridgehead atoms. The van der Waals surface area contributed by atoms with E-state index in [1.165, 1.54) is 23.1 Å². The minimum atomic E-state index is -3.50. The van der Waals surface area contributed by atoms with Crippen LogP contribution >= 0.6 is 0 Å². The SMILES string of the molecule is Cc1ccc(Nc2nc(C)cc(N3CCN(S(=O)(=O)c4ccc5c(c4)CCCC5)CC3)n2)cc1. The van der Waals surface area contributed by atoms with Gasteiger partial charge in [0.2, 0.25) is 16.0 Å². The van der Waals surface area contributed by atoms with Crippen LogP contribution in [0, 0.1) is 13.8 Å². The summed E-state index contributed by atoms with van der Waals surface area (Å²) >= 11 is 0. The molecule has 1 aliphatic carbocycles. The highest BCUT2D eigenvalue weighted by atomic mass is 32.2. The predicted octanol–water partition coefficient (Wildman–Crippen LogP) is 4.23. The van der Waals surface area contributed by atoms with Crippen molar-refractivity contribution in [1.82, 2.24) is 14.3 Å². The van der Waals surface area contributed by atoms with Crippen LogP contribution in [0.2, 0.25) is 0 Å². The smallest absolute Gasteiger partial charge is 0.243 e. The number of nitrogens with zero attached hydrogens (tertiary/aromatic N) is 4. The van der Waals surface area contributed by atoms with E-state index >= 15 is 0 Å². The number of piperazine rings is 1. The molecule has 178 valence electrons. The first-order valence-electron chi connectivity index (χ1n) is 11.9. The predicted molar refractivity (Wildman–Crippen MR) is 135 cm³/mol. The van der Waals surface area contributed by atoms with Gasteiger partial charge < -0.3 is 10.2 Å². The average molecular weight is 478 g/mol. The summed E-state index contributed by atoms with van der Waals surface area (Å²) in [5, 5.41) is 3.28. The number of hydrogen-bond acceptors (Lipinski definition) is 6. The summed E-state index contributed by atoms with van der Waals surface area (Å²) in [7, 11) is -3.50. The van der Waals surface area contributed by atoms with E-state index in [-0.39, 0.29) is 0 Å². The van der Waals surface area contributed by atoms with Crippen molar-refractivity contribution < 1.29 is 8.42 Å². The molecule has 0 saturated carbocycles. The topological polar surface area (TPSA) is 78.4 Å². The zero-order valence-corrected chi connectivity index (χ0v) is 20.6. The van der Waals surface area contributed by atoms with Gasteiger partial charge in [-0.1, -0.05) is 23.8 Å². The number of benzene rings is 2. The van der Waals surface area contributed by atoms with Crippen LogP contribution in [0.4, 0.5) is 17.5 Å². The van der Waals surface area contributed by atoms with E-state index in [1.807, 2.05) is 49.4 Å². The summed E-state index contributed by atoms with van der Waals surface area (Å²) in [6.45, 7) is 6.04. The molecular weight excluding hydrogens is 446 g/mol. The normalized spacial score (nSPS) is 16.8. The lowest BCUT2D eigenvalue weighted by molar-refractivity contribution is 0.383. The van der Waals surface area contributed by atoms with Crippen molar-refractivity contribution >= 4 is 27.5 Å². The molecule has 1 N–H and O–H groups in total.